The number of fused-ring (bicyclic) bond motifs is 5. The van der Waals surface area contributed by atoms with Crippen molar-refractivity contribution in [2.45, 2.75) is 70.5 Å². The highest BCUT2D eigenvalue weighted by Gasteiger charge is 2.78. The third-order valence-corrected chi connectivity index (χ3v) is 8.79. The van der Waals surface area contributed by atoms with E-state index in [1.54, 1.807) is 13.8 Å². The summed E-state index contributed by atoms with van der Waals surface area (Å²) in [6, 6.07) is 0. The van der Waals surface area contributed by atoms with Crippen molar-refractivity contribution in [2.24, 2.45) is 28.6 Å². The summed E-state index contributed by atoms with van der Waals surface area (Å²) in [5, 5.41) is 21.4. The fraction of sp³-hybridized carbons (Fsp3) is 0.696. The van der Waals surface area contributed by atoms with E-state index in [1.807, 2.05) is 0 Å². The van der Waals surface area contributed by atoms with Crippen LogP contribution < -0.4 is 0 Å². The number of carboxylic acids is 1. The summed E-state index contributed by atoms with van der Waals surface area (Å²) < 4.78 is 37.8. The third kappa shape index (κ3) is 2.42. The number of rotatable bonds is 2. The number of carbonyl (C=O) groups excluding carboxylic acids is 2. The highest BCUT2D eigenvalue weighted by Crippen LogP contribution is 2.71. The molecule has 0 radical (unpaired) electrons. The van der Waals surface area contributed by atoms with Crippen LogP contribution in [-0.4, -0.2) is 51.5 Å². The molecule has 0 unspecified atom stereocenters. The fourth-order valence-electron chi connectivity index (χ4n) is 7.47. The number of aliphatic hydroxyl groups excluding tert-OH is 1. The van der Waals surface area contributed by atoms with E-state index in [9.17, 15) is 24.6 Å². The Balaban J connectivity index is 1.89. The number of hydrogen-bond donors (Lipinski definition) is 2. The van der Waals surface area contributed by atoms with Crippen LogP contribution in [0.2, 0.25) is 0 Å². The molecular formula is C23H28F2O6. The van der Waals surface area contributed by atoms with Crippen LogP contribution in [0.25, 0.3) is 0 Å². The lowest BCUT2D eigenvalue weighted by Crippen LogP contribution is -2.70. The van der Waals surface area contributed by atoms with Crippen LogP contribution in [-0.2, 0) is 19.1 Å². The van der Waals surface area contributed by atoms with Gasteiger partial charge in [-0.15, -0.1) is 0 Å². The molecule has 31 heavy (non-hydrogen) atoms. The van der Waals surface area contributed by atoms with Gasteiger partial charge in [0.2, 0.25) is 5.60 Å². The quantitative estimate of drug-likeness (QED) is 0.643. The number of alkyl halides is 2. The summed E-state index contributed by atoms with van der Waals surface area (Å²) in [6.45, 7) is 5.84. The van der Waals surface area contributed by atoms with Crippen molar-refractivity contribution in [3.05, 3.63) is 23.8 Å². The van der Waals surface area contributed by atoms with E-state index in [2.05, 4.69) is 0 Å². The van der Waals surface area contributed by atoms with Crippen molar-refractivity contribution < 1.29 is 38.1 Å². The van der Waals surface area contributed by atoms with E-state index in [0.717, 1.165) is 13.0 Å². The molecule has 4 aliphatic rings. The number of aliphatic carboxylic acids is 1. The molecule has 6 nitrogen and oxygen atoms in total. The van der Waals surface area contributed by atoms with Gasteiger partial charge in [0.05, 0.1) is 6.10 Å². The number of halogens is 2. The predicted molar refractivity (Wildman–Crippen MR) is 105 cm³/mol. The molecule has 0 bridgehead atoms. The Labute approximate surface area is 179 Å². The minimum absolute atomic E-state index is 0.0110. The highest BCUT2D eigenvalue weighted by atomic mass is 19.1. The molecule has 0 aromatic rings. The first-order valence-electron chi connectivity index (χ1n) is 10.6. The Morgan fingerprint density at radius 1 is 1.23 bits per heavy atom. The maximum atomic E-state index is 17.0. The Hall–Kier alpha value is -2.09. The average Bonchev–Trinajstić information content (AvgIpc) is 2.87. The zero-order valence-electron chi connectivity index (χ0n) is 18.0. The van der Waals surface area contributed by atoms with Crippen LogP contribution in [0.15, 0.2) is 23.8 Å². The van der Waals surface area contributed by atoms with E-state index >= 15 is 8.78 Å². The Morgan fingerprint density at radius 2 is 1.87 bits per heavy atom. The smallest absolute Gasteiger partial charge is 0.349 e. The molecule has 3 fully saturated rings. The summed E-state index contributed by atoms with van der Waals surface area (Å²) in [6.07, 6.45) is 0.0600. The van der Waals surface area contributed by atoms with Crippen LogP contribution in [0.4, 0.5) is 8.78 Å². The van der Waals surface area contributed by atoms with Crippen molar-refractivity contribution in [1.29, 1.82) is 0 Å². The second-order valence-corrected chi connectivity index (χ2v) is 10.1. The first-order chi connectivity index (χ1) is 14.3. The average molecular weight is 438 g/mol. The predicted octanol–water partition coefficient (Wildman–Crippen LogP) is 2.94. The van der Waals surface area contributed by atoms with Gasteiger partial charge in [-0.05, 0) is 49.8 Å². The number of hydrogen-bond acceptors (Lipinski definition) is 5. The number of ether oxygens (including phenoxy) is 1. The molecule has 3 saturated carbocycles. The van der Waals surface area contributed by atoms with Gasteiger partial charge in [-0.3, -0.25) is 9.59 Å². The number of carbonyl (C=O) groups is 3. The third-order valence-electron chi connectivity index (χ3n) is 8.79. The fourth-order valence-corrected chi connectivity index (χ4v) is 7.47. The first-order valence-corrected chi connectivity index (χ1v) is 10.6. The van der Waals surface area contributed by atoms with Crippen LogP contribution in [0.1, 0.15) is 47.0 Å². The van der Waals surface area contributed by atoms with Crippen LogP contribution in [0.3, 0.4) is 0 Å². The van der Waals surface area contributed by atoms with Gasteiger partial charge >= 0.3 is 11.9 Å². The lowest BCUT2D eigenvalue weighted by molar-refractivity contribution is -0.236. The van der Waals surface area contributed by atoms with Gasteiger partial charge in [-0.25, -0.2) is 13.6 Å². The Bertz CT molecular complexity index is 929. The highest BCUT2D eigenvalue weighted by molar-refractivity contribution is 6.01. The maximum absolute atomic E-state index is 17.0. The van der Waals surface area contributed by atoms with E-state index in [1.165, 1.54) is 19.1 Å². The number of aliphatic hydroxyl groups is 1. The standard InChI is InChI=1S/C23H28F2O6/c1-11-7-14-15-9-17(24)16-8-13(27)5-6-20(16,3)22(15,25)18(28)10-21(14,4)23(11,19(29)30)31-12(2)26/h5-6,8,11,14-15,17-18,28H,7,9-10H2,1-4H3,(H,29,30)/t11-,14-,15-,17-,18-,20-,21-,22-,23-/m0/s1. The van der Waals surface area contributed by atoms with Crippen molar-refractivity contribution in [3.63, 3.8) is 0 Å². The molecule has 170 valence electrons. The zero-order chi connectivity index (χ0) is 23.1. The molecule has 8 heteroatoms. The molecule has 4 aliphatic carbocycles. The van der Waals surface area contributed by atoms with E-state index < -0.39 is 69.9 Å². The van der Waals surface area contributed by atoms with Gasteiger partial charge in [-0.2, -0.15) is 0 Å². The van der Waals surface area contributed by atoms with Crippen molar-refractivity contribution in [2.75, 3.05) is 0 Å². The molecule has 9 atom stereocenters. The van der Waals surface area contributed by atoms with E-state index in [0.29, 0.717) is 0 Å². The van der Waals surface area contributed by atoms with Gasteiger partial charge in [0.15, 0.2) is 11.5 Å². The number of ketones is 1. The van der Waals surface area contributed by atoms with Gasteiger partial charge in [0.1, 0.15) is 6.17 Å². The first kappa shape index (κ1) is 22.1. The topological polar surface area (TPSA) is 101 Å². The number of allylic oxidation sites excluding steroid dienone is 4. The van der Waals surface area contributed by atoms with E-state index in [-0.39, 0.29) is 24.8 Å². The van der Waals surface area contributed by atoms with Crippen LogP contribution in [0.5, 0.6) is 0 Å². The molecule has 0 aromatic heterocycles. The molecule has 0 heterocycles. The Kier molecular flexibility index (Phi) is 4.61. The molecule has 0 aliphatic heterocycles. The molecule has 0 spiro atoms. The molecular weight excluding hydrogens is 410 g/mol. The SMILES string of the molecule is CC(=O)O[C@]1(C(=O)O)[C@@H](C)C[C@H]2[C@@H]3C[C@H](F)C4=CC(=O)C=C[C@]4(C)[C@@]3(F)[C@@H](O)C[C@@]21C. The minimum atomic E-state index is -2.30. The van der Waals surface area contributed by atoms with Gasteiger partial charge < -0.3 is 14.9 Å². The summed E-state index contributed by atoms with van der Waals surface area (Å²) >= 11 is 0. The Morgan fingerprint density at radius 3 is 2.45 bits per heavy atom. The van der Waals surface area contributed by atoms with Crippen LogP contribution >= 0.6 is 0 Å². The molecule has 4 rings (SSSR count). The summed E-state index contributed by atoms with van der Waals surface area (Å²) in [5.74, 6) is -4.88. The maximum Gasteiger partial charge on any atom is 0.349 e. The molecule has 2 N–H and O–H groups in total. The molecule has 0 aromatic carbocycles. The second kappa shape index (κ2) is 6.47. The summed E-state index contributed by atoms with van der Waals surface area (Å²) in [7, 11) is 0. The summed E-state index contributed by atoms with van der Waals surface area (Å²) in [4.78, 5) is 36.2. The number of esters is 1. The molecule has 0 amide bonds. The van der Waals surface area contributed by atoms with Crippen LogP contribution in [0, 0.1) is 28.6 Å². The summed E-state index contributed by atoms with van der Waals surface area (Å²) in [5.41, 5.74) is -7.07. The van der Waals surface area contributed by atoms with Gasteiger partial charge in [-0.1, -0.05) is 19.9 Å². The van der Waals surface area contributed by atoms with Crippen molar-refractivity contribution >= 4 is 17.7 Å². The number of carboxylic acid groups (broad SMARTS) is 1. The van der Waals surface area contributed by atoms with Gasteiger partial charge in [0, 0.05) is 29.6 Å². The van der Waals surface area contributed by atoms with E-state index in [4.69, 9.17) is 4.74 Å². The lowest BCUT2D eigenvalue weighted by Gasteiger charge is -2.62. The van der Waals surface area contributed by atoms with Gasteiger partial charge in [0.25, 0.3) is 0 Å². The second-order valence-electron chi connectivity index (χ2n) is 10.1. The monoisotopic (exact) mass is 438 g/mol. The lowest BCUT2D eigenvalue weighted by atomic mass is 9.44. The zero-order valence-corrected chi connectivity index (χ0v) is 18.0. The normalized spacial score (nSPS) is 50.7. The largest absolute Gasteiger partial charge is 0.478 e. The van der Waals surface area contributed by atoms with Crippen molar-refractivity contribution in [3.8, 4) is 0 Å². The molecule has 0 saturated heterocycles. The van der Waals surface area contributed by atoms with Crippen molar-refractivity contribution in [1.82, 2.24) is 0 Å². The minimum Gasteiger partial charge on any atom is -0.478 e.